The number of carboxylic acids is 1. The summed E-state index contributed by atoms with van der Waals surface area (Å²) in [4.78, 5) is 11.2. The number of anilines is 1. The van der Waals surface area contributed by atoms with Crippen molar-refractivity contribution >= 4 is 23.4 Å². The average Bonchev–Trinajstić information content (AvgIpc) is 2.19. The van der Waals surface area contributed by atoms with Gasteiger partial charge in [0.2, 0.25) is 0 Å². The highest BCUT2D eigenvalue weighted by atomic mass is 32.2. The van der Waals surface area contributed by atoms with Crippen LogP contribution in [0.2, 0.25) is 0 Å². The molecule has 0 aliphatic carbocycles. The van der Waals surface area contributed by atoms with Gasteiger partial charge < -0.3 is 15.9 Å². The van der Waals surface area contributed by atoms with Gasteiger partial charge in [0.05, 0.1) is 17.9 Å². The first kappa shape index (κ1) is 11.8. The fourth-order valence-electron chi connectivity index (χ4n) is 1.07. The van der Waals surface area contributed by atoms with Crippen LogP contribution in [0.15, 0.2) is 17.0 Å². The van der Waals surface area contributed by atoms with E-state index in [0.717, 1.165) is 17.8 Å². The molecule has 0 saturated heterocycles. The zero-order chi connectivity index (χ0) is 11.4. The molecule has 0 aliphatic heterocycles. The molecule has 0 aromatic heterocycles. The highest BCUT2D eigenvalue weighted by Gasteiger charge is 2.17. The number of halogens is 1. The van der Waals surface area contributed by atoms with E-state index in [1.165, 1.54) is 6.07 Å². The molecule has 4 N–H and O–H groups in total. The lowest BCUT2D eigenvalue weighted by Crippen LogP contribution is -2.07. The Kier molecular flexibility index (Phi) is 3.93. The van der Waals surface area contributed by atoms with Gasteiger partial charge in [0.15, 0.2) is 0 Å². The normalized spacial score (nSPS) is 10.3. The molecule has 0 heterocycles. The average molecular weight is 231 g/mol. The van der Waals surface area contributed by atoms with Crippen LogP contribution < -0.4 is 5.73 Å². The van der Waals surface area contributed by atoms with Crippen LogP contribution in [0.5, 0.6) is 0 Å². The van der Waals surface area contributed by atoms with Crippen LogP contribution >= 0.6 is 11.8 Å². The highest BCUT2D eigenvalue weighted by molar-refractivity contribution is 7.99. The second-order valence-corrected chi connectivity index (χ2v) is 3.85. The van der Waals surface area contributed by atoms with Crippen LogP contribution in [-0.4, -0.2) is 28.5 Å². The number of hydrogen-bond acceptors (Lipinski definition) is 4. The lowest BCUT2D eigenvalue weighted by molar-refractivity contribution is 0.0694. The number of benzene rings is 1. The molecule has 0 bridgehead atoms. The molecule has 82 valence electrons. The van der Waals surface area contributed by atoms with Gasteiger partial charge in [-0.25, -0.2) is 9.18 Å². The van der Waals surface area contributed by atoms with Crippen LogP contribution in [0, 0.1) is 5.82 Å². The zero-order valence-corrected chi connectivity index (χ0v) is 8.55. The van der Waals surface area contributed by atoms with Gasteiger partial charge in [-0.2, -0.15) is 0 Å². The van der Waals surface area contributed by atoms with Crippen molar-refractivity contribution in [2.24, 2.45) is 0 Å². The molecule has 1 aromatic carbocycles. The molecule has 0 amide bonds. The Hall–Kier alpha value is -1.27. The summed E-state index contributed by atoms with van der Waals surface area (Å²) < 4.78 is 13.0. The van der Waals surface area contributed by atoms with E-state index in [1.807, 2.05) is 0 Å². The Morgan fingerprint density at radius 2 is 2.20 bits per heavy atom. The van der Waals surface area contributed by atoms with Crippen molar-refractivity contribution in [2.45, 2.75) is 4.90 Å². The molecular weight excluding hydrogens is 221 g/mol. The number of aromatic carboxylic acids is 1. The van der Waals surface area contributed by atoms with Crippen molar-refractivity contribution in [1.82, 2.24) is 0 Å². The predicted molar refractivity (Wildman–Crippen MR) is 55.6 cm³/mol. The maximum Gasteiger partial charge on any atom is 0.339 e. The van der Waals surface area contributed by atoms with Gasteiger partial charge in [0.1, 0.15) is 5.82 Å². The van der Waals surface area contributed by atoms with Gasteiger partial charge in [0.25, 0.3) is 0 Å². The number of hydrogen-bond donors (Lipinski definition) is 3. The fourth-order valence-corrected chi connectivity index (χ4v) is 1.89. The van der Waals surface area contributed by atoms with Crippen LogP contribution in [0.4, 0.5) is 10.1 Å². The molecule has 15 heavy (non-hydrogen) atoms. The largest absolute Gasteiger partial charge is 0.478 e. The Morgan fingerprint density at radius 1 is 1.53 bits per heavy atom. The van der Waals surface area contributed by atoms with Gasteiger partial charge >= 0.3 is 5.97 Å². The summed E-state index contributed by atoms with van der Waals surface area (Å²) in [6.07, 6.45) is 0. The Morgan fingerprint density at radius 3 is 2.73 bits per heavy atom. The molecule has 1 aromatic rings. The van der Waals surface area contributed by atoms with E-state index in [4.69, 9.17) is 15.9 Å². The second-order valence-electron chi connectivity index (χ2n) is 2.71. The van der Waals surface area contributed by atoms with E-state index in [9.17, 15) is 9.18 Å². The molecule has 4 nitrogen and oxygen atoms in total. The van der Waals surface area contributed by atoms with E-state index < -0.39 is 11.8 Å². The smallest absolute Gasteiger partial charge is 0.339 e. The van der Waals surface area contributed by atoms with Crippen molar-refractivity contribution < 1.29 is 19.4 Å². The molecule has 1 rings (SSSR count). The minimum atomic E-state index is -1.27. The first-order valence-corrected chi connectivity index (χ1v) is 5.11. The number of nitrogen functional groups attached to an aromatic ring is 1. The first-order valence-electron chi connectivity index (χ1n) is 4.13. The third kappa shape index (κ3) is 2.60. The maximum absolute atomic E-state index is 13.0. The highest BCUT2D eigenvalue weighted by Crippen LogP contribution is 2.28. The number of carboxylic acid groups (broad SMARTS) is 1. The molecular formula is C9H10FNO3S. The molecule has 0 aliphatic rings. The minimum Gasteiger partial charge on any atom is -0.478 e. The summed E-state index contributed by atoms with van der Waals surface area (Å²) in [6.45, 7) is -0.0823. The van der Waals surface area contributed by atoms with Crippen molar-refractivity contribution in [1.29, 1.82) is 0 Å². The summed E-state index contributed by atoms with van der Waals surface area (Å²) in [5, 5.41) is 17.5. The quantitative estimate of drug-likeness (QED) is 0.535. The molecule has 0 saturated carbocycles. The summed E-state index contributed by atoms with van der Waals surface area (Å²) in [7, 11) is 0. The maximum atomic E-state index is 13.0. The van der Waals surface area contributed by atoms with E-state index in [0.29, 0.717) is 10.6 Å². The number of nitrogens with two attached hydrogens (primary N) is 1. The Balaban J connectivity index is 3.15. The van der Waals surface area contributed by atoms with Crippen LogP contribution in [-0.2, 0) is 0 Å². The summed E-state index contributed by atoms with van der Waals surface area (Å²) in [5.74, 6) is -1.68. The standard InChI is InChI=1S/C9H10FNO3S/c10-5-1-2-6(15-4-3-12)7(8(5)11)9(13)14/h1-2,12H,3-4,11H2,(H,13,14). The van der Waals surface area contributed by atoms with Crippen LogP contribution in [0.3, 0.4) is 0 Å². The summed E-state index contributed by atoms with van der Waals surface area (Å²) in [6, 6.07) is 2.46. The summed E-state index contributed by atoms with van der Waals surface area (Å²) in [5.41, 5.74) is 4.71. The van der Waals surface area contributed by atoms with E-state index in [2.05, 4.69) is 0 Å². The van der Waals surface area contributed by atoms with Gasteiger partial charge in [-0.1, -0.05) is 0 Å². The number of rotatable bonds is 4. The fraction of sp³-hybridized carbons (Fsp3) is 0.222. The van der Waals surface area contributed by atoms with E-state index in [1.54, 1.807) is 0 Å². The van der Waals surface area contributed by atoms with Gasteiger partial charge in [-0.3, -0.25) is 0 Å². The monoisotopic (exact) mass is 231 g/mol. The number of carbonyl (C=O) groups is 1. The second kappa shape index (κ2) is 4.99. The van der Waals surface area contributed by atoms with Gasteiger partial charge in [-0.15, -0.1) is 11.8 Å². The van der Waals surface area contributed by atoms with Crippen molar-refractivity contribution in [3.63, 3.8) is 0 Å². The van der Waals surface area contributed by atoms with Crippen LogP contribution in [0.25, 0.3) is 0 Å². The van der Waals surface area contributed by atoms with E-state index in [-0.39, 0.29) is 17.9 Å². The van der Waals surface area contributed by atoms with Crippen molar-refractivity contribution in [3.8, 4) is 0 Å². The van der Waals surface area contributed by atoms with Crippen LogP contribution in [0.1, 0.15) is 10.4 Å². The molecule has 6 heteroatoms. The third-order valence-corrected chi connectivity index (χ3v) is 2.75. The molecule has 0 fully saturated rings. The van der Waals surface area contributed by atoms with Crippen molar-refractivity contribution in [2.75, 3.05) is 18.1 Å². The molecule has 0 radical (unpaired) electrons. The number of aliphatic hydroxyl groups is 1. The summed E-state index contributed by atoms with van der Waals surface area (Å²) >= 11 is 1.12. The molecule has 0 atom stereocenters. The predicted octanol–water partition coefficient (Wildman–Crippen LogP) is 1.19. The van der Waals surface area contributed by atoms with Gasteiger partial charge in [-0.05, 0) is 12.1 Å². The third-order valence-electron chi connectivity index (χ3n) is 1.72. The molecule has 0 unspecified atom stereocenters. The van der Waals surface area contributed by atoms with E-state index >= 15 is 0 Å². The molecule has 0 spiro atoms. The lowest BCUT2D eigenvalue weighted by atomic mass is 10.2. The zero-order valence-electron chi connectivity index (χ0n) is 7.74. The Bertz CT molecular complexity index is 384. The topological polar surface area (TPSA) is 83.5 Å². The van der Waals surface area contributed by atoms with Crippen molar-refractivity contribution in [3.05, 3.63) is 23.5 Å². The Labute approximate surface area is 89.9 Å². The first-order chi connectivity index (χ1) is 7.07. The lowest BCUT2D eigenvalue weighted by Gasteiger charge is -2.08. The number of aliphatic hydroxyl groups excluding tert-OH is 1. The minimum absolute atomic E-state index is 0.0823. The SMILES string of the molecule is Nc1c(F)ccc(SCCO)c1C(=O)O. The van der Waals surface area contributed by atoms with Gasteiger partial charge in [0, 0.05) is 10.6 Å². The number of thioether (sulfide) groups is 1.